The SMILES string of the molecule is c1c[nH]cn1.c1cc2sccc2s1.c1cc[nH]c1.c1ccc2[nH]ccc2c1.c1ccc2[nH]cnc2c1.c1ccc2nc3ccncc3cc2c1.c1ccc2sccc2c1.c1ccncc1.c1ccnnc1.c1ccoc1.c1ccsc1.c1cn[nH]c1.c1cnccn1.c1cncnc1.c1cnncn1.c1cnoc1.c1cnsc1.c1cocn1.c1cscn1.c1ncncn1.c1nncnn1. The molecule has 40 heteroatoms. The smallest absolute Gasteiger partial charge is 0.180 e. The van der Waals surface area contributed by atoms with Gasteiger partial charge in [0.05, 0.1) is 71.3 Å². The van der Waals surface area contributed by atoms with Crippen molar-refractivity contribution in [1.82, 2.24) is 155 Å². The second kappa shape index (κ2) is 78.1. The van der Waals surface area contributed by atoms with Crippen molar-refractivity contribution < 1.29 is 13.4 Å². The van der Waals surface area contributed by atoms with Crippen molar-refractivity contribution in [3.63, 3.8) is 0 Å². The monoisotopic (exact) mass is 1920 g/mol. The third-order valence-corrected chi connectivity index (χ3v) is 18.7. The van der Waals surface area contributed by atoms with Crippen molar-refractivity contribution in [2.75, 3.05) is 0 Å². The summed E-state index contributed by atoms with van der Waals surface area (Å²) in [6.07, 6.45) is 63.5. The minimum absolute atomic E-state index is 0.999. The van der Waals surface area contributed by atoms with Crippen LogP contribution in [0.4, 0.5) is 0 Å². The fourth-order valence-corrected chi connectivity index (χ4v) is 12.4. The van der Waals surface area contributed by atoms with Gasteiger partial charge in [-0.1, -0.05) is 90.1 Å². The van der Waals surface area contributed by atoms with Crippen LogP contribution in [0.5, 0.6) is 0 Å². The van der Waals surface area contributed by atoms with Crippen LogP contribution in [0.1, 0.15) is 0 Å². The van der Waals surface area contributed by atoms with Gasteiger partial charge in [0.15, 0.2) is 19.0 Å². The number of hydrogen-bond acceptors (Lipinski definition) is 35. The van der Waals surface area contributed by atoms with Crippen molar-refractivity contribution >= 4 is 131 Å². The van der Waals surface area contributed by atoms with Crippen molar-refractivity contribution in [2.45, 2.75) is 0 Å². The molecule has 0 amide bonds. The highest BCUT2D eigenvalue weighted by molar-refractivity contribution is 7.25. The molecular formula is C96H89N31O3S6. The predicted molar refractivity (Wildman–Crippen MR) is 539 cm³/mol. The molecule has 0 spiro atoms. The van der Waals surface area contributed by atoms with Gasteiger partial charge in [0.1, 0.15) is 44.2 Å². The predicted octanol–water partition coefficient (Wildman–Crippen LogP) is 22.4. The fourth-order valence-electron chi connectivity index (χ4n) is 8.61. The van der Waals surface area contributed by atoms with Crippen LogP contribution in [0, 0.1) is 0 Å². The summed E-state index contributed by atoms with van der Waals surface area (Å²) < 4.78 is 21.3. The molecule has 0 bridgehead atoms. The molecule has 4 aromatic carbocycles. The number of fused-ring (bicyclic) bond motifs is 6. The zero-order chi connectivity index (χ0) is 94.6. The first kappa shape index (κ1) is 105. The van der Waals surface area contributed by atoms with Gasteiger partial charge in [-0.25, -0.2) is 54.2 Å². The van der Waals surface area contributed by atoms with E-state index in [1.165, 1.54) is 111 Å². The van der Waals surface area contributed by atoms with Crippen LogP contribution < -0.4 is 0 Å². The molecule has 23 aromatic heterocycles. The number of thiophene rings is 4. The van der Waals surface area contributed by atoms with Crippen LogP contribution in [0.25, 0.3) is 63.2 Å². The van der Waals surface area contributed by atoms with Crippen LogP contribution >= 0.6 is 68.2 Å². The van der Waals surface area contributed by atoms with E-state index in [1.807, 2.05) is 186 Å². The van der Waals surface area contributed by atoms with Gasteiger partial charge < -0.3 is 33.3 Å². The number of thiazole rings is 1. The number of furan rings is 1. The van der Waals surface area contributed by atoms with E-state index in [-0.39, 0.29) is 0 Å². The van der Waals surface area contributed by atoms with E-state index in [2.05, 4.69) is 258 Å². The van der Waals surface area contributed by atoms with Gasteiger partial charge in [-0.15, -0.1) is 70.8 Å². The van der Waals surface area contributed by atoms with Crippen LogP contribution in [-0.2, 0) is 0 Å². The highest BCUT2D eigenvalue weighted by atomic mass is 32.1. The van der Waals surface area contributed by atoms with Gasteiger partial charge in [0.25, 0.3) is 0 Å². The van der Waals surface area contributed by atoms with Crippen LogP contribution in [0.2, 0.25) is 0 Å². The second-order valence-electron chi connectivity index (χ2n) is 23.5. The Morgan fingerprint density at radius 2 is 0.897 bits per heavy atom. The number of nitrogens with zero attached hydrogens (tertiary/aromatic N) is 26. The normalized spacial score (nSPS) is 8.88. The molecule has 0 aliphatic rings. The summed E-state index contributed by atoms with van der Waals surface area (Å²) in [6, 6.07) is 73.4. The number of imidazole rings is 2. The summed E-state index contributed by atoms with van der Waals surface area (Å²) in [5.41, 5.74) is 7.15. The van der Waals surface area contributed by atoms with E-state index in [0.29, 0.717) is 0 Å². The van der Waals surface area contributed by atoms with E-state index in [1.54, 1.807) is 223 Å². The van der Waals surface area contributed by atoms with Crippen LogP contribution in [0.3, 0.4) is 0 Å². The van der Waals surface area contributed by atoms with E-state index in [0.717, 1.165) is 32.8 Å². The first-order valence-electron chi connectivity index (χ1n) is 39.9. The van der Waals surface area contributed by atoms with Gasteiger partial charge in [0, 0.05) is 177 Å². The molecule has 0 saturated carbocycles. The average molecular weight is 1920 g/mol. The summed E-state index contributed by atoms with van der Waals surface area (Å²) in [5.74, 6) is 0. The van der Waals surface area contributed by atoms with Crippen molar-refractivity contribution in [1.29, 1.82) is 0 Å². The van der Waals surface area contributed by atoms with Crippen molar-refractivity contribution in [3.05, 3.63) is 511 Å². The van der Waals surface area contributed by atoms with Gasteiger partial charge in [0.2, 0.25) is 0 Å². The first-order chi connectivity index (χ1) is 67.8. The van der Waals surface area contributed by atoms with Gasteiger partial charge >= 0.3 is 0 Å². The second-order valence-corrected chi connectivity index (χ2v) is 28.6. The van der Waals surface area contributed by atoms with E-state index < -0.39 is 0 Å². The summed E-state index contributed by atoms with van der Waals surface area (Å²) in [7, 11) is 0. The first-order valence-corrected chi connectivity index (χ1v) is 45.2. The minimum atomic E-state index is 0.999. The van der Waals surface area contributed by atoms with E-state index in [9.17, 15) is 0 Å². The van der Waals surface area contributed by atoms with E-state index >= 15 is 0 Å². The number of hydrogen-bond donors (Lipinski definition) is 5. The molecule has 0 aliphatic heterocycles. The lowest BCUT2D eigenvalue weighted by molar-refractivity contribution is 0.420. The van der Waals surface area contributed by atoms with Gasteiger partial charge in [-0.3, -0.25) is 30.0 Å². The molecule has 0 aliphatic carbocycles. The molecule has 0 radical (unpaired) electrons. The van der Waals surface area contributed by atoms with Crippen molar-refractivity contribution in [3.8, 4) is 0 Å². The van der Waals surface area contributed by atoms with Crippen molar-refractivity contribution in [2.24, 2.45) is 0 Å². The Labute approximate surface area is 805 Å². The maximum Gasteiger partial charge on any atom is 0.180 e. The van der Waals surface area contributed by atoms with Crippen LogP contribution in [-0.4, -0.2) is 155 Å². The van der Waals surface area contributed by atoms with Crippen LogP contribution in [0.15, 0.2) is 524 Å². The van der Waals surface area contributed by atoms with E-state index in [4.69, 9.17) is 0 Å². The Morgan fingerprint density at radius 1 is 0.272 bits per heavy atom. The molecule has 682 valence electrons. The molecular weight excluding hydrogens is 1830 g/mol. The third kappa shape index (κ3) is 55.7. The largest absolute Gasteiger partial charge is 0.473 e. The van der Waals surface area contributed by atoms with Gasteiger partial charge in [-0.05, 0) is 189 Å². The number of rotatable bonds is 0. The molecule has 0 fully saturated rings. The molecule has 0 unspecified atom stereocenters. The maximum absolute atomic E-state index is 4.58. The number of pyridine rings is 3. The fraction of sp³-hybridized carbons (Fsp3) is 0. The molecule has 34 nitrogen and oxygen atoms in total. The van der Waals surface area contributed by atoms with Gasteiger partial charge in [-0.2, -0.15) is 31.7 Å². The lowest BCUT2D eigenvalue weighted by Gasteiger charge is -1.99. The maximum atomic E-state index is 4.58. The summed E-state index contributed by atoms with van der Waals surface area (Å²) in [5, 5.41) is 56.2. The molecule has 27 aromatic rings. The summed E-state index contributed by atoms with van der Waals surface area (Å²) in [4.78, 5) is 68.3. The lowest BCUT2D eigenvalue weighted by atomic mass is 10.1. The third-order valence-electron chi connectivity index (χ3n) is 14.2. The Bertz CT molecular complexity index is 5350. The molecule has 0 saturated heterocycles. The molecule has 23 heterocycles. The number of H-pyrrole nitrogens is 5. The Morgan fingerprint density at radius 3 is 1.29 bits per heavy atom. The highest BCUT2D eigenvalue weighted by Crippen LogP contribution is 2.25. The molecule has 5 N–H and O–H groups in total. The number of oxazole rings is 1. The highest BCUT2D eigenvalue weighted by Gasteiger charge is 1.98. The number of aromatic amines is 5. The summed E-state index contributed by atoms with van der Waals surface area (Å²) >= 11 is 10.2. The number of benzene rings is 4. The standard InChI is InChI=1S/C12H8N2.C8H7N.C8H6S.C7H6N2.C6H4S2.C5H5N.3C4H4N2.C4H5N.C4H4O.C4H4S.2C3H3N3.2C3H4N2.2C3H3NO.2C3H3NS.C2H2N4/c1-2-4-11-9(3-1)7-10-8-13-6-5-12(10)14-11;2*1-2-4-8-7(3-1)5-6-9-8;1-2-4-7-6(3-1)8-5-9-7;1-3-7-6-2-4-8-5(1)6;1-2-4-6-5-3-1;1-2-6-4-3-5-1;1-2-5-4-6-3-1;1-2-4-6-5-3-1;3*1-2-4-5-3-1;1-4-2-6-3-5-1;1-2-5-6-3-4-1;1-2-5-3-4-1;1-2-4-5-3-1;1-2-5-3-4-1;1-2-4-5-3-1;1-2-5-3-4-1;1-2-4-5-3-1;1-3-5-2-6-4-1/h1-8H;1-6,9H;1-6H;1-5H,(H,8,9);1-4H;1-5H;3*1-4H;1-5H;2*1-4H;2*1-3H;2*1-3H,(H,4,5);4*1-3H;1-2H. The summed E-state index contributed by atoms with van der Waals surface area (Å²) in [6.45, 7) is 0. The quantitative estimate of drug-likeness (QED) is 0.0880. The number of aromatic nitrogens is 31. The molecule has 27 rings (SSSR count). The lowest BCUT2D eigenvalue weighted by Crippen LogP contribution is -1.82. The minimum Gasteiger partial charge on any atom is -0.473 e. The topological polar surface area (TPSA) is 454 Å². The number of nitrogens with one attached hydrogen (secondary N) is 5. The zero-order valence-corrected chi connectivity index (χ0v) is 77.2. The Balaban J connectivity index is 0.000000196. The zero-order valence-electron chi connectivity index (χ0n) is 72.3. The average Bonchev–Trinajstić information content (AvgIpc) is 1.80. The Kier molecular flexibility index (Phi) is 60.4. The number of para-hydroxylation sites is 4. The molecule has 136 heavy (non-hydrogen) atoms. The molecule has 0 atom stereocenters. The Hall–Kier alpha value is -18.0.